The zero-order chi connectivity index (χ0) is 13.0. The van der Waals surface area contributed by atoms with Crippen molar-refractivity contribution in [2.24, 2.45) is 0 Å². The van der Waals surface area contributed by atoms with Crippen molar-refractivity contribution in [1.29, 1.82) is 0 Å². The first-order valence-corrected chi connectivity index (χ1v) is 5.82. The number of rotatable bonds is 4. The van der Waals surface area contributed by atoms with Gasteiger partial charge in [-0.15, -0.1) is 0 Å². The Morgan fingerprint density at radius 2 is 1.56 bits per heavy atom. The normalized spacial score (nSPS) is 14.2. The lowest BCUT2D eigenvalue weighted by Crippen LogP contribution is -2.24. The van der Waals surface area contributed by atoms with Gasteiger partial charge in [0.15, 0.2) is 0 Å². The molecule has 0 aliphatic carbocycles. The Kier molecular flexibility index (Phi) is 4.07. The molecule has 0 amide bonds. The van der Waals surface area contributed by atoms with E-state index in [1.807, 2.05) is 30.3 Å². The first-order valence-electron chi connectivity index (χ1n) is 5.82. The minimum absolute atomic E-state index is 0.376. The van der Waals surface area contributed by atoms with E-state index in [2.05, 4.69) is 0 Å². The second kappa shape index (κ2) is 5.76. The SMILES string of the molecule is OC[C@@H](O)[C@@H](c1ccccc1)c1ccccc1F. The van der Waals surface area contributed by atoms with Gasteiger partial charge in [-0.3, -0.25) is 0 Å². The molecule has 2 aromatic carbocycles. The fraction of sp³-hybridized carbons (Fsp3) is 0.200. The monoisotopic (exact) mass is 246 g/mol. The van der Waals surface area contributed by atoms with Crippen molar-refractivity contribution in [3.8, 4) is 0 Å². The van der Waals surface area contributed by atoms with Gasteiger partial charge in [-0.05, 0) is 17.2 Å². The number of benzene rings is 2. The largest absolute Gasteiger partial charge is 0.394 e. The molecule has 0 spiro atoms. The molecule has 0 aliphatic rings. The van der Waals surface area contributed by atoms with E-state index in [4.69, 9.17) is 5.11 Å². The maximum absolute atomic E-state index is 13.8. The van der Waals surface area contributed by atoms with Crippen LogP contribution in [0.25, 0.3) is 0 Å². The van der Waals surface area contributed by atoms with Gasteiger partial charge in [-0.25, -0.2) is 4.39 Å². The van der Waals surface area contributed by atoms with Crippen LogP contribution in [0, 0.1) is 5.82 Å². The molecule has 2 N–H and O–H groups in total. The molecular weight excluding hydrogens is 231 g/mol. The predicted molar refractivity (Wildman–Crippen MR) is 67.8 cm³/mol. The highest BCUT2D eigenvalue weighted by Crippen LogP contribution is 2.29. The van der Waals surface area contributed by atoms with E-state index in [1.54, 1.807) is 18.2 Å². The van der Waals surface area contributed by atoms with Gasteiger partial charge in [-0.1, -0.05) is 48.5 Å². The molecule has 94 valence electrons. The van der Waals surface area contributed by atoms with Crippen molar-refractivity contribution in [2.75, 3.05) is 6.61 Å². The summed E-state index contributed by atoms with van der Waals surface area (Å²) in [7, 11) is 0. The van der Waals surface area contributed by atoms with E-state index < -0.39 is 18.6 Å². The Bertz CT molecular complexity index is 499. The molecular formula is C15H15FO2. The van der Waals surface area contributed by atoms with Crippen molar-refractivity contribution in [1.82, 2.24) is 0 Å². The van der Waals surface area contributed by atoms with Gasteiger partial charge in [0.2, 0.25) is 0 Å². The van der Waals surface area contributed by atoms with Gasteiger partial charge >= 0.3 is 0 Å². The lowest BCUT2D eigenvalue weighted by atomic mass is 9.86. The van der Waals surface area contributed by atoms with Crippen LogP contribution in [0.3, 0.4) is 0 Å². The third-order valence-corrected chi connectivity index (χ3v) is 2.97. The van der Waals surface area contributed by atoms with Crippen LogP contribution in [0.1, 0.15) is 17.0 Å². The third-order valence-electron chi connectivity index (χ3n) is 2.97. The molecule has 0 saturated heterocycles. The van der Waals surface area contributed by atoms with Crippen LogP contribution < -0.4 is 0 Å². The Labute approximate surface area is 105 Å². The molecule has 2 nitrogen and oxygen atoms in total. The lowest BCUT2D eigenvalue weighted by molar-refractivity contribution is 0.0814. The van der Waals surface area contributed by atoms with Gasteiger partial charge in [0.05, 0.1) is 12.7 Å². The molecule has 0 bridgehead atoms. The average Bonchev–Trinajstić information content (AvgIpc) is 2.42. The minimum Gasteiger partial charge on any atom is -0.394 e. The molecule has 3 heteroatoms. The molecule has 2 atom stereocenters. The fourth-order valence-electron chi connectivity index (χ4n) is 2.10. The van der Waals surface area contributed by atoms with Crippen LogP contribution in [0.5, 0.6) is 0 Å². The van der Waals surface area contributed by atoms with Crippen molar-refractivity contribution in [2.45, 2.75) is 12.0 Å². The topological polar surface area (TPSA) is 40.5 Å². The summed E-state index contributed by atoms with van der Waals surface area (Å²) >= 11 is 0. The molecule has 0 radical (unpaired) electrons. The quantitative estimate of drug-likeness (QED) is 0.869. The molecule has 0 heterocycles. The summed E-state index contributed by atoms with van der Waals surface area (Å²) in [5.41, 5.74) is 1.18. The third kappa shape index (κ3) is 2.58. The van der Waals surface area contributed by atoms with Crippen molar-refractivity contribution in [3.05, 3.63) is 71.5 Å². The maximum atomic E-state index is 13.8. The van der Waals surface area contributed by atoms with Gasteiger partial charge in [0.25, 0.3) is 0 Å². The van der Waals surface area contributed by atoms with Crippen LogP contribution >= 0.6 is 0 Å². The van der Waals surface area contributed by atoms with Crippen LogP contribution in [0.2, 0.25) is 0 Å². The van der Waals surface area contributed by atoms with Gasteiger partial charge < -0.3 is 10.2 Å². The van der Waals surface area contributed by atoms with Crippen LogP contribution in [0.15, 0.2) is 54.6 Å². The summed E-state index contributed by atoms with van der Waals surface area (Å²) < 4.78 is 13.8. The number of aliphatic hydroxyl groups is 2. The Hall–Kier alpha value is -1.71. The average molecular weight is 246 g/mol. The summed E-state index contributed by atoms with van der Waals surface area (Å²) in [4.78, 5) is 0. The zero-order valence-electron chi connectivity index (χ0n) is 9.83. The van der Waals surface area contributed by atoms with Crippen molar-refractivity contribution in [3.63, 3.8) is 0 Å². The summed E-state index contributed by atoms with van der Waals surface area (Å²) in [6.07, 6.45) is -1.02. The van der Waals surface area contributed by atoms with Gasteiger partial charge in [0.1, 0.15) is 5.82 Å². The first-order chi connectivity index (χ1) is 8.74. The van der Waals surface area contributed by atoms with E-state index in [0.29, 0.717) is 5.56 Å². The molecule has 2 rings (SSSR count). The molecule has 0 aromatic heterocycles. The first kappa shape index (κ1) is 12.7. The molecule has 0 aliphatic heterocycles. The molecule has 0 unspecified atom stereocenters. The Morgan fingerprint density at radius 1 is 0.944 bits per heavy atom. The standard InChI is InChI=1S/C15H15FO2/c16-13-9-5-4-8-12(13)15(14(18)10-17)11-6-2-1-3-7-11/h1-9,14-15,17-18H,10H2/t14-,15+/m1/s1. The molecule has 0 saturated carbocycles. The van der Waals surface area contributed by atoms with E-state index in [0.717, 1.165) is 5.56 Å². The zero-order valence-corrected chi connectivity index (χ0v) is 9.83. The van der Waals surface area contributed by atoms with E-state index in [-0.39, 0.29) is 5.82 Å². The lowest BCUT2D eigenvalue weighted by Gasteiger charge is -2.22. The number of aliphatic hydroxyl groups excluding tert-OH is 2. The fourth-order valence-corrected chi connectivity index (χ4v) is 2.10. The van der Waals surface area contributed by atoms with E-state index >= 15 is 0 Å². The number of hydrogen-bond acceptors (Lipinski definition) is 2. The van der Waals surface area contributed by atoms with Crippen LogP contribution in [-0.4, -0.2) is 22.9 Å². The number of hydrogen-bond donors (Lipinski definition) is 2. The smallest absolute Gasteiger partial charge is 0.127 e. The molecule has 2 aromatic rings. The van der Waals surface area contributed by atoms with E-state index in [1.165, 1.54) is 6.07 Å². The molecule has 0 fully saturated rings. The van der Waals surface area contributed by atoms with E-state index in [9.17, 15) is 9.50 Å². The Morgan fingerprint density at radius 3 is 2.17 bits per heavy atom. The summed E-state index contributed by atoms with van der Waals surface area (Å²) in [6, 6.07) is 15.5. The summed E-state index contributed by atoms with van der Waals surface area (Å²) in [6.45, 7) is -0.409. The van der Waals surface area contributed by atoms with Gasteiger partial charge in [-0.2, -0.15) is 0 Å². The number of halogens is 1. The Balaban J connectivity index is 2.47. The second-order valence-electron chi connectivity index (χ2n) is 4.16. The second-order valence-corrected chi connectivity index (χ2v) is 4.16. The highest BCUT2D eigenvalue weighted by molar-refractivity contribution is 5.34. The van der Waals surface area contributed by atoms with Crippen molar-refractivity contribution >= 4 is 0 Å². The minimum atomic E-state index is -1.02. The van der Waals surface area contributed by atoms with Gasteiger partial charge in [0, 0.05) is 5.92 Å². The summed E-state index contributed by atoms with van der Waals surface area (Å²) in [5.74, 6) is -0.934. The van der Waals surface area contributed by atoms with Crippen molar-refractivity contribution < 1.29 is 14.6 Å². The van der Waals surface area contributed by atoms with Crippen LogP contribution in [-0.2, 0) is 0 Å². The maximum Gasteiger partial charge on any atom is 0.127 e. The van der Waals surface area contributed by atoms with Crippen LogP contribution in [0.4, 0.5) is 4.39 Å². The predicted octanol–water partition coefficient (Wildman–Crippen LogP) is 2.31. The summed E-state index contributed by atoms with van der Waals surface area (Å²) in [5, 5.41) is 19.1. The highest BCUT2D eigenvalue weighted by Gasteiger charge is 2.24. The molecule has 18 heavy (non-hydrogen) atoms. The highest BCUT2D eigenvalue weighted by atomic mass is 19.1.